The molecule has 0 N–H and O–H groups in total. The summed E-state index contributed by atoms with van der Waals surface area (Å²) in [6, 6.07) is 0. The van der Waals surface area contributed by atoms with Crippen molar-refractivity contribution < 1.29 is 4.79 Å². The van der Waals surface area contributed by atoms with Gasteiger partial charge in [0.05, 0.1) is 0 Å². The summed E-state index contributed by atoms with van der Waals surface area (Å²) in [6.07, 6.45) is 4.27. The Morgan fingerprint density at radius 1 is 0.947 bits per heavy atom. The van der Waals surface area contributed by atoms with Crippen molar-refractivity contribution in [1.29, 1.82) is 0 Å². The number of amides is 1. The van der Waals surface area contributed by atoms with Gasteiger partial charge < -0.3 is 4.90 Å². The Morgan fingerprint density at radius 3 is 2.05 bits per heavy atom. The number of hydrogen-bond acceptors (Lipinski definition) is 2. The molecular formula is C16H30N2O. The zero-order valence-corrected chi connectivity index (χ0v) is 13.5. The smallest absolute Gasteiger partial charge is 0.224 e. The molecule has 1 atom stereocenters. The van der Waals surface area contributed by atoms with E-state index in [2.05, 4.69) is 51.3 Å². The molecule has 0 aromatic heterocycles. The lowest BCUT2D eigenvalue weighted by Gasteiger charge is -2.52. The topological polar surface area (TPSA) is 23.6 Å². The Hall–Kier alpha value is -0.570. The molecule has 3 nitrogen and oxygen atoms in total. The molecule has 1 spiro atoms. The predicted molar refractivity (Wildman–Crippen MR) is 79.1 cm³/mol. The number of piperidine rings is 1. The Bertz CT molecular complexity index is 364. The van der Waals surface area contributed by atoms with Crippen molar-refractivity contribution in [1.82, 2.24) is 9.80 Å². The third-order valence-electron chi connectivity index (χ3n) is 4.80. The number of carbonyl (C=O) groups is 1. The van der Waals surface area contributed by atoms with Gasteiger partial charge in [-0.05, 0) is 67.3 Å². The molecule has 2 aliphatic rings. The van der Waals surface area contributed by atoms with Gasteiger partial charge >= 0.3 is 0 Å². The van der Waals surface area contributed by atoms with Gasteiger partial charge in [-0.2, -0.15) is 0 Å². The van der Waals surface area contributed by atoms with Crippen molar-refractivity contribution in [2.45, 2.75) is 83.8 Å². The fraction of sp³-hybridized carbons (Fsp3) is 0.938. The summed E-state index contributed by atoms with van der Waals surface area (Å²) < 4.78 is 0. The molecule has 0 aromatic rings. The summed E-state index contributed by atoms with van der Waals surface area (Å²) in [7, 11) is 0. The second-order valence-electron chi connectivity index (χ2n) is 8.29. The van der Waals surface area contributed by atoms with Gasteiger partial charge in [0, 0.05) is 29.6 Å². The van der Waals surface area contributed by atoms with Gasteiger partial charge in [-0.1, -0.05) is 0 Å². The summed E-state index contributed by atoms with van der Waals surface area (Å²) >= 11 is 0. The second-order valence-corrected chi connectivity index (χ2v) is 8.29. The summed E-state index contributed by atoms with van der Waals surface area (Å²) in [6.45, 7) is 15.3. The fourth-order valence-corrected chi connectivity index (χ4v) is 4.05. The lowest BCUT2D eigenvalue weighted by atomic mass is 9.81. The molecule has 2 saturated heterocycles. The maximum absolute atomic E-state index is 12.6. The molecular weight excluding hydrogens is 236 g/mol. The number of hydrogen-bond donors (Lipinski definition) is 0. The van der Waals surface area contributed by atoms with Crippen LogP contribution in [0.3, 0.4) is 0 Å². The molecule has 0 aliphatic carbocycles. The number of nitrogens with zero attached hydrogens (tertiary/aromatic N) is 2. The highest BCUT2D eigenvalue weighted by Gasteiger charge is 2.50. The van der Waals surface area contributed by atoms with E-state index in [4.69, 9.17) is 0 Å². The van der Waals surface area contributed by atoms with Gasteiger partial charge in [-0.25, -0.2) is 0 Å². The average Bonchev–Trinajstić information content (AvgIpc) is 2.58. The predicted octanol–water partition coefficient (Wildman–Crippen LogP) is 3.04. The molecule has 0 aromatic carbocycles. The van der Waals surface area contributed by atoms with E-state index >= 15 is 0 Å². The van der Waals surface area contributed by atoms with Crippen LogP contribution in [0.5, 0.6) is 0 Å². The van der Waals surface area contributed by atoms with Gasteiger partial charge in [-0.15, -0.1) is 0 Å². The summed E-state index contributed by atoms with van der Waals surface area (Å²) in [5.41, 5.74) is 0.266. The highest BCUT2D eigenvalue weighted by atomic mass is 16.2. The Balaban J connectivity index is 2.19. The van der Waals surface area contributed by atoms with Gasteiger partial charge in [0.1, 0.15) is 0 Å². The zero-order chi connectivity index (χ0) is 14.5. The average molecular weight is 266 g/mol. The van der Waals surface area contributed by atoms with Crippen molar-refractivity contribution in [2.24, 2.45) is 0 Å². The van der Waals surface area contributed by atoms with E-state index < -0.39 is 0 Å². The van der Waals surface area contributed by atoms with Crippen LogP contribution in [0, 0.1) is 0 Å². The first kappa shape index (κ1) is 14.8. The molecule has 1 amide bonds. The Labute approximate surface area is 118 Å². The minimum atomic E-state index is -0.0378. The van der Waals surface area contributed by atoms with Crippen molar-refractivity contribution in [3.8, 4) is 0 Å². The third-order valence-corrected chi connectivity index (χ3v) is 4.80. The number of likely N-dealkylation sites (tertiary alicyclic amines) is 2. The standard InChI is InChI=1S/C16H30N2O/c1-14(2,3)17-11-9-16(12-13(17)19)8-7-10-18(16)15(4,5)6/h7-12H2,1-6H3. The Kier molecular flexibility index (Phi) is 3.49. The summed E-state index contributed by atoms with van der Waals surface area (Å²) in [4.78, 5) is 17.2. The SMILES string of the molecule is CC(C)(C)N1CCC2(CCCN2C(C)(C)C)CC1=O. The van der Waals surface area contributed by atoms with Crippen molar-refractivity contribution in [3.05, 3.63) is 0 Å². The Morgan fingerprint density at radius 2 is 1.58 bits per heavy atom. The first-order chi connectivity index (χ1) is 8.56. The van der Waals surface area contributed by atoms with Gasteiger partial charge in [0.15, 0.2) is 0 Å². The van der Waals surface area contributed by atoms with Gasteiger partial charge in [0.2, 0.25) is 5.91 Å². The van der Waals surface area contributed by atoms with Gasteiger partial charge in [0.25, 0.3) is 0 Å². The lowest BCUT2D eigenvalue weighted by Crippen LogP contribution is -2.61. The van der Waals surface area contributed by atoms with Crippen LogP contribution in [-0.4, -0.2) is 45.4 Å². The van der Waals surface area contributed by atoms with Crippen molar-refractivity contribution in [2.75, 3.05) is 13.1 Å². The van der Waals surface area contributed by atoms with Crippen LogP contribution in [0.1, 0.15) is 67.2 Å². The molecule has 0 bridgehead atoms. The zero-order valence-electron chi connectivity index (χ0n) is 13.5. The number of rotatable bonds is 0. The van der Waals surface area contributed by atoms with E-state index in [0.717, 1.165) is 19.5 Å². The van der Waals surface area contributed by atoms with Crippen molar-refractivity contribution in [3.63, 3.8) is 0 Å². The number of carbonyl (C=O) groups excluding carboxylic acids is 1. The maximum atomic E-state index is 12.6. The monoisotopic (exact) mass is 266 g/mol. The molecule has 0 radical (unpaired) electrons. The quantitative estimate of drug-likeness (QED) is 0.673. The molecule has 2 fully saturated rings. The molecule has 19 heavy (non-hydrogen) atoms. The highest BCUT2D eigenvalue weighted by molar-refractivity contribution is 5.79. The lowest BCUT2D eigenvalue weighted by molar-refractivity contribution is -0.146. The van der Waals surface area contributed by atoms with E-state index in [9.17, 15) is 4.79 Å². The first-order valence-corrected chi connectivity index (χ1v) is 7.65. The van der Waals surface area contributed by atoms with Crippen LogP contribution in [0.4, 0.5) is 0 Å². The second kappa shape index (κ2) is 4.47. The minimum absolute atomic E-state index is 0.0378. The van der Waals surface area contributed by atoms with Crippen LogP contribution in [-0.2, 0) is 4.79 Å². The van der Waals surface area contributed by atoms with Crippen LogP contribution >= 0.6 is 0 Å². The first-order valence-electron chi connectivity index (χ1n) is 7.65. The molecule has 0 saturated carbocycles. The van der Waals surface area contributed by atoms with E-state index in [1.165, 1.54) is 12.8 Å². The minimum Gasteiger partial charge on any atom is -0.338 e. The summed E-state index contributed by atoms with van der Waals surface area (Å²) in [5, 5.41) is 0. The van der Waals surface area contributed by atoms with Crippen LogP contribution in [0.15, 0.2) is 0 Å². The van der Waals surface area contributed by atoms with Crippen LogP contribution < -0.4 is 0 Å². The van der Waals surface area contributed by atoms with Crippen LogP contribution in [0.25, 0.3) is 0 Å². The summed E-state index contributed by atoms with van der Waals surface area (Å²) in [5.74, 6) is 0.343. The molecule has 2 rings (SSSR count). The molecule has 3 heteroatoms. The maximum Gasteiger partial charge on any atom is 0.224 e. The van der Waals surface area contributed by atoms with Crippen LogP contribution in [0.2, 0.25) is 0 Å². The van der Waals surface area contributed by atoms with Gasteiger partial charge in [-0.3, -0.25) is 9.69 Å². The third kappa shape index (κ3) is 2.67. The van der Waals surface area contributed by atoms with E-state index in [1.54, 1.807) is 0 Å². The fourth-order valence-electron chi connectivity index (χ4n) is 4.05. The normalized spacial score (nSPS) is 30.4. The molecule has 2 aliphatic heterocycles. The van der Waals surface area contributed by atoms with Crippen molar-refractivity contribution >= 4 is 5.91 Å². The molecule has 2 heterocycles. The van der Waals surface area contributed by atoms with E-state index in [0.29, 0.717) is 12.3 Å². The highest BCUT2D eigenvalue weighted by Crippen LogP contribution is 2.43. The largest absolute Gasteiger partial charge is 0.338 e. The van der Waals surface area contributed by atoms with E-state index in [1.807, 2.05) is 0 Å². The molecule has 1 unspecified atom stereocenters. The molecule has 110 valence electrons. The van der Waals surface area contributed by atoms with E-state index in [-0.39, 0.29) is 16.6 Å².